The fourth-order valence-corrected chi connectivity index (χ4v) is 3.04. The van der Waals surface area contributed by atoms with Crippen LogP contribution in [0.1, 0.15) is 37.2 Å². The van der Waals surface area contributed by atoms with Crippen LogP contribution >= 0.6 is 11.6 Å². The van der Waals surface area contributed by atoms with Crippen LogP contribution in [-0.4, -0.2) is 22.5 Å². The number of amides is 1. The molecule has 2 aliphatic carbocycles. The Bertz CT molecular complexity index is 568. The molecule has 0 spiro atoms. The number of carbonyl (C=O) groups excluding carboxylic acids is 1. The first-order valence-corrected chi connectivity index (χ1v) is 7.20. The second-order valence-electron chi connectivity index (χ2n) is 5.73. The Kier molecular flexibility index (Phi) is 3.21. The number of halogens is 1. The molecule has 0 saturated heterocycles. The highest BCUT2D eigenvalue weighted by Gasteiger charge is 2.50. The molecule has 2 fully saturated rings. The Labute approximate surface area is 122 Å². The fourth-order valence-electron chi connectivity index (χ4n) is 2.84. The lowest BCUT2D eigenvalue weighted by atomic mass is 9.76. The standard InChI is InChI=1S/C15H16ClNO3/c16-10-4-1-3-9(7-10)11-8-12(11)13(18)17-15(14(19)20)5-2-6-15/h1,3-4,7,11-12H,2,5-6,8H2,(H,17,18)(H,19,20)/t11-,12-/m1/s1. The van der Waals surface area contributed by atoms with E-state index in [1.54, 1.807) is 6.07 Å². The number of benzene rings is 1. The van der Waals surface area contributed by atoms with Gasteiger partial charge in [-0.05, 0) is 49.3 Å². The molecular weight excluding hydrogens is 278 g/mol. The Balaban J connectivity index is 1.64. The average Bonchev–Trinajstić information content (AvgIpc) is 3.13. The lowest BCUT2D eigenvalue weighted by Gasteiger charge is -2.38. The molecule has 2 saturated carbocycles. The molecule has 0 heterocycles. The van der Waals surface area contributed by atoms with Crippen LogP contribution in [0.5, 0.6) is 0 Å². The number of hydrogen-bond acceptors (Lipinski definition) is 2. The van der Waals surface area contributed by atoms with Crippen molar-refractivity contribution >= 4 is 23.5 Å². The number of carboxylic acids is 1. The zero-order valence-corrected chi connectivity index (χ0v) is 11.7. The van der Waals surface area contributed by atoms with Crippen LogP contribution in [0.3, 0.4) is 0 Å². The minimum absolute atomic E-state index is 0.120. The molecule has 0 bridgehead atoms. The van der Waals surface area contributed by atoms with Gasteiger partial charge in [0, 0.05) is 10.9 Å². The summed E-state index contributed by atoms with van der Waals surface area (Å²) in [6, 6.07) is 7.50. The summed E-state index contributed by atoms with van der Waals surface area (Å²) in [5, 5.41) is 12.6. The summed E-state index contributed by atoms with van der Waals surface area (Å²) in [6.45, 7) is 0. The van der Waals surface area contributed by atoms with E-state index in [9.17, 15) is 14.7 Å². The van der Waals surface area contributed by atoms with Gasteiger partial charge in [-0.1, -0.05) is 23.7 Å². The van der Waals surface area contributed by atoms with E-state index in [1.807, 2.05) is 18.2 Å². The molecule has 1 aromatic rings. The first-order chi connectivity index (χ1) is 9.52. The molecule has 3 rings (SSSR count). The van der Waals surface area contributed by atoms with Crippen molar-refractivity contribution in [1.29, 1.82) is 0 Å². The monoisotopic (exact) mass is 293 g/mol. The molecule has 1 aromatic carbocycles. The zero-order valence-electron chi connectivity index (χ0n) is 10.9. The van der Waals surface area contributed by atoms with Gasteiger partial charge in [0.05, 0.1) is 0 Å². The van der Waals surface area contributed by atoms with Crippen LogP contribution in [0.15, 0.2) is 24.3 Å². The molecule has 5 heteroatoms. The number of rotatable bonds is 4. The fraction of sp³-hybridized carbons (Fsp3) is 0.467. The van der Waals surface area contributed by atoms with E-state index < -0.39 is 11.5 Å². The van der Waals surface area contributed by atoms with Crippen molar-refractivity contribution in [2.24, 2.45) is 5.92 Å². The lowest BCUT2D eigenvalue weighted by molar-refractivity contribution is -0.152. The minimum atomic E-state index is -1.02. The molecule has 106 valence electrons. The van der Waals surface area contributed by atoms with Crippen molar-refractivity contribution in [2.75, 3.05) is 0 Å². The number of aliphatic carboxylic acids is 1. The molecule has 0 aromatic heterocycles. The van der Waals surface area contributed by atoms with Gasteiger partial charge in [0.1, 0.15) is 5.54 Å². The van der Waals surface area contributed by atoms with Crippen LogP contribution in [-0.2, 0) is 9.59 Å². The Morgan fingerprint density at radius 2 is 2.10 bits per heavy atom. The number of carboxylic acid groups (broad SMARTS) is 1. The quantitative estimate of drug-likeness (QED) is 0.896. The van der Waals surface area contributed by atoms with Gasteiger partial charge >= 0.3 is 5.97 Å². The van der Waals surface area contributed by atoms with Gasteiger partial charge in [0.25, 0.3) is 0 Å². The van der Waals surface area contributed by atoms with Crippen molar-refractivity contribution < 1.29 is 14.7 Å². The third-order valence-electron chi connectivity index (χ3n) is 4.38. The highest BCUT2D eigenvalue weighted by Crippen LogP contribution is 2.48. The van der Waals surface area contributed by atoms with Crippen LogP contribution in [0, 0.1) is 5.92 Å². The topological polar surface area (TPSA) is 66.4 Å². The zero-order chi connectivity index (χ0) is 14.3. The summed E-state index contributed by atoms with van der Waals surface area (Å²) < 4.78 is 0. The van der Waals surface area contributed by atoms with Gasteiger partial charge in [-0.3, -0.25) is 4.79 Å². The first-order valence-electron chi connectivity index (χ1n) is 6.83. The number of hydrogen-bond donors (Lipinski definition) is 2. The molecule has 2 aliphatic rings. The summed E-state index contributed by atoms with van der Waals surface area (Å²) in [7, 11) is 0. The van der Waals surface area contributed by atoms with E-state index in [0.717, 1.165) is 18.4 Å². The van der Waals surface area contributed by atoms with E-state index in [1.165, 1.54) is 0 Å². The first kappa shape index (κ1) is 13.4. The third kappa shape index (κ3) is 2.29. The normalized spacial score (nSPS) is 26.4. The second kappa shape index (κ2) is 4.77. The van der Waals surface area contributed by atoms with Crippen molar-refractivity contribution in [3.63, 3.8) is 0 Å². The molecular formula is C15H16ClNO3. The Morgan fingerprint density at radius 1 is 1.35 bits per heavy atom. The van der Waals surface area contributed by atoms with Gasteiger partial charge in [-0.2, -0.15) is 0 Å². The molecule has 0 unspecified atom stereocenters. The Morgan fingerprint density at radius 3 is 2.65 bits per heavy atom. The van der Waals surface area contributed by atoms with Gasteiger partial charge in [-0.25, -0.2) is 4.79 Å². The van der Waals surface area contributed by atoms with Gasteiger partial charge in [-0.15, -0.1) is 0 Å². The average molecular weight is 294 g/mol. The molecule has 4 nitrogen and oxygen atoms in total. The third-order valence-corrected chi connectivity index (χ3v) is 4.62. The summed E-state index contributed by atoms with van der Waals surface area (Å²) in [4.78, 5) is 23.4. The minimum Gasteiger partial charge on any atom is -0.480 e. The van der Waals surface area contributed by atoms with Crippen molar-refractivity contribution in [1.82, 2.24) is 5.32 Å². The smallest absolute Gasteiger partial charge is 0.329 e. The number of nitrogens with one attached hydrogen (secondary N) is 1. The van der Waals surface area contributed by atoms with Crippen LogP contribution in [0.25, 0.3) is 0 Å². The maximum absolute atomic E-state index is 12.2. The predicted molar refractivity (Wildman–Crippen MR) is 74.7 cm³/mol. The Hall–Kier alpha value is -1.55. The highest BCUT2D eigenvalue weighted by molar-refractivity contribution is 6.30. The van der Waals surface area contributed by atoms with E-state index in [0.29, 0.717) is 17.9 Å². The molecule has 2 N–H and O–H groups in total. The maximum atomic E-state index is 12.2. The van der Waals surface area contributed by atoms with E-state index in [4.69, 9.17) is 11.6 Å². The summed E-state index contributed by atoms with van der Waals surface area (Å²) in [5.74, 6) is -1.01. The van der Waals surface area contributed by atoms with E-state index in [-0.39, 0.29) is 17.7 Å². The van der Waals surface area contributed by atoms with Gasteiger partial charge in [0.15, 0.2) is 0 Å². The summed E-state index contributed by atoms with van der Waals surface area (Å²) >= 11 is 5.95. The second-order valence-corrected chi connectivity index (χ2v) is 6.17. The van der Waals surface area contributed by atoms with Crippen LogP contribution in [0.2, 0.25) is 5.02 Å². The highest BCUT2D eigenvalue weighted by atomic mass is 35.5. The molecule has 20 heavy (non-hydrogen) atoms. The van der Waals surface area contributed by atoms with Crippen molar-refractivity contribution in [2.45, 2.75) is 37.1 Å². The van der Waals surface area contributed by atoms with Gasteiger partial charge in [0.2, 0.25) is 5.91 Å². The summed E-state index contributed by atoms with van der Waals surface area (Å²) in [5.41, 5.74) is 0.0362. The largest absolute Gasteiger partial charge is 0.480 e. The predicted octanol–water partition coefficient (Wildman–Crippen LogP) is 2.57. The molecule has 1 amide bonds. The van der Waals surface area contributed by atoms with Crippen LogP contribution in [0.4, 0.5) is 0 Å². The molecule has 0 radical (unpaired) electrons. The molecule has 2 atom stereocenters. The maximum Gasteiger partial charge on any atom is 0.329 e. The number of carbonyl (C=O) groups is 2. The van der Waals surface area contributed by atoms with E-state index >= 15 is 0 Å². The summed E-state index contributed by atoms with van der Waals surface area (Å²) in [6.07, 6.45) is 2.68. The van der Waals surface area contributed by atoms with E-state index in [2.05, 4.69) is 5.32 Å². The SMILES string of the molecule is O=C(NC1(C(=O)O)CCC1)[C@@H]1C[C@@H]1c1cccc(Cl)c1. The van der Waals surface area contributed by atoms with Crippen molar-refractivity contribution in [3.05, 3.63) is 34.9 Å². The van der Waals surface area contributed by atoms with Crippen LogP contribution < -0.4 is 5.32 Å². The molecule has 0 aliphatic heterocycles. The lowest BCUT2D eigenvalue weighted by Crippen LogP contribution is -2.59. The van der Waals surface area contributed by atoms with Gasteiger partial charge < -0.3 is 10.4 Å². The van der Waals surface area contributed by atoms with Crippen molar-refractivity contribution in [3.8, 4) is 0 Å².